The Morgan fingerprint density at radius 3 is 1.24 bits per heavy atom. The lowest BCUT2D eigenvalue weighted by atomic mass is 9.92. The van der Waals surface area contributed by atoms with Crippen LogP contribution in [0.5, 0.6) is 0 Å². The van der Waals surface area contributed by atoms with Crippen LogP contribution in [0.2, 0.25) is 0 Å². The minimum Gasteiger partial charge on any atom is -0.289 e. The summed E-state index contributed by atoms with van der Waals surface area (Å²) in [6, 6.07) is 6.80. The summed E-state index contributed by atoms with van der Waals surface area (Å²) in [5.41, 5.74) is 4.64. The topological polar surface area (TPSA) is 91.8 Å². The molecule has 34 heavy (non-hydrogen) atoms. The monoisotopic (exact) mass is 456 g/mol. The number of carbonyl (C=O) groups excluding carboxylic acids is 5. The standard InChI is InChI=1S/C27H24N2O5/c1-5-17-13-19(11-15(3)25(17)28-21(30)7-8-22(28)31)27(34)20-12-16(4)26(18(6-2)14-20)29-23(32)9-10-24(29)33/h7-14H,5-6H2,1-4H3. The van der Waals surface area contributed by atoms with Crippen molar-refractivity contribution in [2.75, 3.05) is 9.80 Å². The van der Waals surface area contributed by atoms with E-state index in [1.54, 1.807) is 38.1 Å². The molecule has 0 atom stereocenters. The average molecular weight is 456 g/mol. The van der Waals surface area contributed by atoms with Gasteiger partial charge in [-0.05, 0) is 73.2 Å². The molecule has 0 unspecified atom stereocenters. The van der Waals surface area contributed by atoms with E-state index in [1.165, 1.54) is 24.3 Å². The summed E-state index contributed by atoms with van der Waals surface area (Å²) < 4.78 is 0. The molecular weight excluding hydrogens is 432 g/mol. The minimum absolute atomic E-state index is 0.219. The van der Waals surface area contributed by atoms with Gasteiger partial charge in [-0.3, -0.25) is 24.0 Å². The number of nitrogens with zero attached hydrogens (tertiary/aromatic N) is 2. The molecule has 7 nitrogen and oxygen atoms in total. The molecule has 0 bridgehead atoms. The lowest BCUT2D eigenvalue weighted by molar-refractivity contribution is -0.121. The van der Waals surface area contributed by atoms with Gasteiger partial charge < -0.3 is 0 Å². The number of aryl methyl sites for hydroxylation is 4. The lowest BCUT2D eigenvalue weighted by Crippen LogP contribution is -2.31. The lowest BCUT2D eigenvalue weighted by Gasteiger charge is -2.22. The maximum absolute atomic E-state index is 13.5. The zero-order chi connectivity index (χ0) is 24.7. The molecule has 2 aromatic carbocycles. The number of ketones is 1. The molecule has 7 heteroatoms. The number of hydrogen-bond donors (Lipinski definition) is 0. The summed E-state index contributed by atoms with van der Waals surface area (Å²) in [6.45, 7) is 7.34. The van der Waals surface area contributed by atoms with Crippen LogP contribution < -0.4 is 9.80 Å². The highest BCUT2D eigenvalue weighted by Gasteiger charge is 2.31. The number of rotatable bonds is 6. The quantitative estimate of drug-likeness (QED) is 0.490. The van der Waals surface area contributed by atoms with Crippen molar-refractivity contribution in [1.82, 2.24) is 0 Å². The van der Waals surface area contributed by atoms with Gasteiger partial charge in [0, 0.05) is 35.4 Å². The Bertz CT molecular complexity index is 1210. The van der Waals surface area contributed by atoms with Gasteiger partial charge in [0.15, 0.2) is 5.78 Å². The van der Waals surface area contributed by atoms with Crippen LogP contribution in [0.15, 0.2) is 48.6 Å². The maximum Gasteiger partial charge on any atom is 0.258 e. The van der Waals surface area contributed by atoms with Gasteiger partial charge in [0.1, 0.15) is 0 Å². The van der Waals surface area contributed by atoms with Gasteiger partial charge in [0.05, 0.1) is 11.4 Å². The van der Waals surface area contributed by atoms with Gasteiger partial charge >= 0.3 is 0 Å². The summed E-state index contributed by atoms with van der Waals surface area (Å²) in [5, 5.41) is 0. The van der Waals surface area contributed by atoms with Gasteiger partial charge in [-0.15, -0.1) is 0 Å². The second-order valence-electron chi connectivity index (χ2n) is 8.33. The van der Waals surface area contributed by atoms with E-state index in [4.69, 9.17) is 0 Å². The number of hydrogen-bond acceptors (Lipinski definition) is 5. The number of anilines is 2. The molecule has 0 aliphatic carbocycles. The van der Waals surface area contributed by atoms with Crippen LogP contribution in [0.4, 0.5) is 11.4 Å². The smallest absolute Gasteiger partial charge is 0.258 e. The van der Waals surface area contributed by atoms with Crippen molar-refractivity contribution in [1.29, 1.82) is 0 Å². The molecule has 172 valence electrons. The fourth-order valence-electron chi connectivity index (χ4n) is 4.55. The third-order valence-corrected chi connectivity index (χ3v) is 6.11. The van der Waals surface area contributed by atoms with Crippen LogP contribution in [0.1, 0.15) is 52.0 Å². The first-order valence-electron chi connectivity index (χ1n) is 11.1. The van der Waals surface area contributed by atoms with Crippen molar-refractivity contribution < 1.29 is 24.0 Å². The van der Waals surface area contributed by atoms with Crippen LogP contribution in [0, 0.1) is 13.8 Å². The zero-order valence-corrected chi connectivity index (χ0v) is 19.5. The highest BCUT2D eigenvalue weighted by Crippen LogP contribution is 2.33. The Balaban J connectivity index is 1.76. The number of amides is 4. The predicted octanol–water partition coefficient (Wildman–Crippen LogP) is 3.52. The molecule has 2 aromatic rings. The fourth-order valence-corrected chi connectivity index (χ4v) is 4.55. The molecular formula is C27H24N2O5. The highest BCUT2D eigenvalue weighted by atomic mass is 16.2. The van der Waals surface area contributed by atoms with Crippen molar-refractivity contribution in [2.45, 2.75) is 40.5 Å². The third kappa shape index (κ3) is 3.69. The van der Waals surface area contributed by atoms with E-state index in [2.05, 4.69) is 0 Å². The van der Waals surface area contributed by atoms with Crippen LogP contribution in [-0.2, 0) is 32.0 Å². The van der Waals surface area contributed by atoms with Crippen molar-refractivity contribution in [2.24, 2.45) is 0 Å². The largest absolute Gasteiger partial charge is 0.289 e. The minimum atomic E-state index is -0.402. The number of carbonyl (C=O) groups is 5. The molecule has 0 saturated heterocycles. The number of imide groups is 2. The van der Waals surface area contributed by atoms with Gasteiger partial charge in [0.2, 0.25) is 0 Å². The molecule has 0 saturated carbocycles. The molecule has 2 heterocycles. The second-order valence-corrected chi connectivity index (χ2v) is 8.33. The molecule has 0 spiro atoms. The molecule has 0 N–H and O–H groups in total. The predicted molar refractivity (Wildman–Crippen MR) is 128 cm³/mol. The maximum atomic E-state index is 13.5. The van der Waals surface area contributed by atoms with E-state index in [0.717, 1.165) is 20.9 Å². The highest BCUT2D eigenvalue weighted by molar-refractivity contribution is 6.29. The summed E-state index contributed by atoms with van der Waals surface area (Å²) in [7, 11) is 0. The first-order chi connectivity index (χ1) is 16.2. The van der Waals surface area contributed by atoms with E-state index < -0.39 is 23.6 Å². The molecule has 0 radical (unpaired) electrons. The van der Waals surface area contributed by atoms with Gasteiger partial charge in [-0.25, -0.2) is 9.80 Å². The summed E-state index contributed by atoms with van der Waals surface area (Å²) in [5.74, 6) is -1.83. The van der Waals surface area contributed by atoms with Gasteiger partial charge in [-0.2, -0.15) is 0 Å². The SMILES string of the molecule is CCc1cc(C(=O)c2cc(C)c(N3C(=O)C=CC3=O)c(CC)c2)cc(C)c1N1C(=O)C=CC1=O. The Morgan fingerprint density at radius 1 is 0.618 bits per heavy atom. The summed E-state index contributed by atoms with van der Waals surface area (Å²) in [6.07, 6.45) is 6.01. The molecule has 4 rings (SSSR count). The molecule has 2 aliphatic rings. The van der Waals surface area contributed by atoms with E-state index in [9.17, 15) is 24.0 Å². The summed E-state index contributed by atoms with van der Waals surface area (Å²) in [4.78, 5) is 64.7. The molecule has 4 amide bonds. The Labute approximate surface area is 197 Å². The Kier molecular flexibility index (Phi) is 5.87. The van der Waals surface area contributed by atoms with Crippen molar-refractivity contribution in [3.05, 3.63) is 82.0 Å². The van der Waals surface area contributed by atoms with E-state index in [0.29, 0.717) is 46.5 Å². The second kappa shape index (κ2) is 8.67. The van der Waals surface area contributed by atoms with Gasteiger partial charge in [0.25, 0.3) is 23.6 Å². The van der Waals surface area contributed by atoms with Crippen molar-refractivity contribution in [3.63, 3.8) is 0 Å². The molecule has 0 aromatic heterocycles. The summed E-state index contributed by atoms with van der Waals surface area (Å²) >= 11 is 0. The van der Waals surface area contributed by atoms with E-state index >= 15 is 0 Å². The Hall–Kier alpha value is -4.13. The first kappa shape index (κ1) is 23.0. The molecule has 2 aliphatic heterocycles. The molecule has 0 fully saturated rings. The van der Waals surface area contributed by atoms with Crippen LogP contribution in [-0.4, -0.2) is 29.4 Å². The van der Waals surface area contributed by atoms with Gasteiger partial charge in [-0.1, -0.05) is 13.8 Å². The number of benzene rings is 2. The average Bonchev–Trinajstić information content (AvgIpc) is 3.32. The van der Waals surface area contributed by atoms with E-state index in [-0.39, 0.29) is 5.78 Å². The third-order valence-electron chi connectivity index (χ3n) is 6.11. The normalized spacial score (nSPS) is 15.3. The fraction of sp³-hybridized carbons (Fsp3) is 0.222. The van der Waals surface area contributed by atoms with Crippen molar-refractivity contribution >= 4 is 40.8 Å². The van der Waals surface area contributed by atoms with Crippen LogP contribution in [0.3, 0.4) is 0 Å². The Morgan fingerprint density at radius 2 is 0.941 bits per heavy atom. The van der Waals surface area contributed by atoms with Crippen LogP contribution >= 0.6 is 0 Å². The first-order valence-corrected chi connectivity index (χ1v) is 11.1. The van der Waals surface area contributed by atoms with E-state index in [1.807, 2.05) is 13.8 Å². The van der Waals surface area contributed by atoms with Crippen molar-refractivity contribution in [3.8, 4) is 0 Å². The zero-order valence-electron chi connectivity index (χ0n) is 19.5. The van der Waals surface area contributed by atoms with Crippen LogP contribution in [0.25, 0.3) is 0 Å².